The van der Waals surface area contributed by atoms with Gasteiger partial charge in [-0.05, 0) is 31.2 Å². The molecule has 0 bridgehead atoms. The van der Waals surface area contributed by atoms with Gasteiger partial charge in [-0.1, -0.05) is 23.8 Å². The summed E-state index contributed by atoms with van der Waals surface area (Å²) in [6.45, 7) is 2.17. The third-order valence-electron chi connectivity index (χ3n) is 4.07. The van der Waals surface area contributed by atoms with Gasteiger partial charge in [0.2, 0.25) is 0 Å². The van der Waals surface area contributed by atoms with Crippen molar-refractivity contribution >= 4 is 21.8 Å². The highest BCUT2D eigenvalue weighted by Gasteiger charge is 2.29. The highest BCUT2D eigenvalue weighted by molar-refractivity contribution is 7.90. The number of carbonyl (C=O) groups excluding carboxylic acids is 1. The number of sulfonamides is 1. The zero-order valence-corrected chi connectivity index (χ0v) is 15.9. The van der Waals surface area contributed by atoms with E-state index in [1.54, 1.807) is 25.3 Å². The molecule has 1 aliphatic rings. The van der Waals surface area contributed by atoms with Crippen LogP contribution in [-0.2, 0) is 26.2 Å². The summed E-state index contributed by atoms with van der Waals surface area (Å²) in [7, 11) is -2.01. The second kappa shape index (κ2) is 7.79. The second-order valence-electron chi connectivity index (χ2n) is 6.06. The number of fused-ring (bicyclic) bond motifs is 1. The number of esters is 1. The van der Waals surface area contributed by atoms with E-state index in [0.717, 1.165) is 11.1 Å². The summed E-state index contributed by atoms with van der Waals surface area (Å²) in [5.74, 6) is 0.487. The topological polar surface area (TPSA) is 94.1 Å². The van der Waals surface area contributed by atoms with Gasteiger partial charge < -0.3 is 9.47 Å². The molecule has 1 aliphatic heterocycles. The molecule has 0 atom stereocenters. The third kappa shape index (κ3) is 4.28. The lowest BCUT2D eigenvalue weighted by atomic mass is 10.1. The van der Waals surface area contributed by atoms with Crippen molar-refractivity contribution in [2.24, 2.45) is 4.99 Å². The van der Waals surface area contributed by atoms with Gasteiger partial charge in [0.15, 0.2) is 0 Å². The summed E-state index contributed by atoms with van der Waals surface area (Å²) < 4.78 is 37.0. The van der Waals surface area contributed by atoms with E-state index < -0.39 is 16.0 Å². The fraction of sp³-hybridized carbons (Fsp3) is 0.263. The molecule has 27 heavy (non-hydrogen) atoms. The number of benzene rings is 2. The minimum absolute atomic E-state index is 0.0432. The molecule has 1 N–H and O–H groups in total. The van der Waals surface area contributed by atoms with Crippen molar-refractivity contribution in [2.45, 2.75) is 24.8 Å². The Hall–Kier alpha value is -2.87. The molecule has 0 unspecified atom stereocenters. The number of nitrogens with one attached hydrogen (secondary N) is 1. The molecule has 0 radical (unpaired) electrons. The Bertz CT molecular complexity index is 999. The zero-order chi connectivity index (χ0) is 19.4. The summed E-state index contributed by atoms with van der Waals surface area (Å²) in [4.78, 5) is 16.4. The van der Waals surface area contributed by atoms with Crippen LogP contribution in [0.1, 0.15) is 23.1 Å². The molecular weight excluding hydrogens is 368 g/mol. The van der Waals surface area contributed by atoms with Crippen LogP contribution < -0.4 is 9.46 Å². The Morgan fingerprint density at radius 2 is 1.96 bits per heavy atom. The monoisotopic (exact) mass is 388 g/mol. The van der Waals surface area contributed by atoms with Crippen LogP contribution >= 0.6 is 0 Å². The lowest BCUT2D eigenvalue weighted by Crippen LogP contribution is -2.22. The van der Waals surface area contributed by atoms with Crippen LogP contribution in [0.25, 0.3) is 0 Å². The maximum absolute atomic E-state index is 12.0. The Balaban J connectivity index is 1.58. The van der Waals surface area contributed by atoms with E-state index in [1.807, 2.05) is 25.1 Å². The van der Waals surface area contributed by atoms with Crippen molar-refractivity contribution < 1.29 is 22.7 Å². The number of amidine groups is 1. The summed E-state index contributed by atoms with van der Waals surface area (Å²) in [6, 6.07) is 12.2. The maximum Gasteiger partial charge on any atom is 0.308 e. The molecule has 0 aromatic heterocycles. The molecule has 142 valence electrons. The van der Waals surface area contributed by atoms with Crippen LogP contribution in [0.3, 0.4) is 0 Å². The largest absolute Gasteiger partial charge is 0.496 e. The van der Waals surface area contributed by atoms with Gasteiger partial charge in [-0.15, -0.1) is 0 Å². The van der Waals surface area contributed by atoms with E-state index in [4.69, 9.17) is 9.47 Å². The molecule has 0 spiro atoms. The van der Waals surface area contributed by atoms with Crippen LogP contribution in [0.4, 0.5) is 0 Å². The first-order chi connectivity index (χ1) is 12.9. The fourth-order valence-corrected chi connectivity index (χ4v) is 4.01. The smallest absolute Gasteiger partial charge is 0.308 e. The predicted molar refractivity (Wildman–Crippen MR) is 100 cm³/mol. The number of ether oxygens (including phenoxy) is 2. The van der Waals surface area contributed by atoms with Crippen LogP contribution in [0, 0.1) is 6.92 Å². The van der Waals surface area contributed by atoms with Crippen LogP contribution in [-0.4, -0.2) is 33.9 Å². The van der Waals surface area contributed by atoms with E-state index in [2.05, 4.69) is 9.71 Å². The summed E-state index contributed by atoms with van der Waals surface area (Å²) in [6.07, 6.45) is 0.0432. The van der Waals surface area contributed by atoms with E-state index >= 15 is 0 Å². The van der Waals surface area contributed by atoms with E-state index in [1.165, 1.54) is 6.07 Å². The molecular formula is C19H20N2O5S. The third-order valence-corrected chi connectivity index (χ3v) is 5.47. The summed E-state index contributed by atoms with van der Waals surface area (Å²) in [5.41, 5.74) is 2.34. The first kappa shape index (κ1) is 18.9. The first-order valence-electron chi connectivity index (χ1n) is 8.36. The van der Waals surface area contributed by atoms with Gasteiger partial charge in [-0.3, -0.25) is 14.5 Å². The average Bonchev–Trinajstić information content (AvgIpc) is 2.91. The van der Waals surface area contributed by atoms with Crippen molar-refractivity contribution in [3.63, 3.8) is 0 Å². The number of aryl methyl sites for hydroxylation is 1. The van der Waals surface area contributed by atoms with Gasteiger partial charge in [0.25, 0.3) is 10.0 Å². The fourth-order valence-electron chi connectivity index (χ4n) is 2.76. The first-order valence-corrected chi connectivity index (χ1v) is 9.85. The molecule has 0 aliphatic carbocycles. The van der Waals surface area contributed by atoms with Crippen molar-refractivity contribution in [1.29, 1.82) is 0 Å². The predicted octanol–water partition coefficient (Wildman–Crippen LogP) is 2.18. The summed E-state index contributed by atoms with van der Waals surface area (Å²) >= 11 is 0. The number of methoxy groups -OCH3 is 1. The normalized spacial score (nSPS) is 15.9. The Morgan fingerprint density at radius 1 is 1.19 bits per heavy atom. The zero-order valence-electron chi connectivity index (χ0n) is 15.1. The number of aliphatic imine (C=N–C) groups is 1. The molecule has 0 saturated carbocycles. The molecule has 0 saturated heterocycles. The van der Waals surface area contributed by atoms with Gasteiger partial charge in [-0.25, -0.2) is 8.42 Å². The van der Waals surface area contributed by atoms with Crippen LogP contribution in [0.2, 0.25) is 0 Å². The number of rotatable bonds is 6. The van der Waals surface area contributed by atoms with Crippen molar-refractivity contribution in [2.75, 3.05) is 13.7 Å². The Morgan fingerprint density at radius 3 is 2.74 bits per heavy atom. The minimum atomic E-state index is -3.57. The molecule has 0 amide bonds. The standard InChI is InChI=1S/C19H20N2O5S/c1-13-7-8-16(25-2)14(11-13)12-26-18(22)9-10-20-19-15-5-3-4-6-17(15)27(23,24)21-19/h3-8,11H,9-10,12H2,1-2H3,(H,20,21). The molecule has 3 rings (SSSR count). The quantitative estimate of drug-likeness (QED) is 0.766. The van der Waals surface area contributed by atoms with Gasteiger partial charge in [0.05, 0.1) is 25.0 Å². The van der Waals surface area contributed by atoms with Crippen molar-refractivity contribution in [3.05, 3.63) is 59.2 Å². The molecule has 2 aromatic rings. The highest BCUT2D eigenvalue weighted by Crippen LogP contribution is 2.22. The van der Waals surface area contributed by atoms with Gasteiger partial charge in [0.1, 0.15) is 18.2 Å². The lowest BCUT2D eigenvalue weighted by molar-refractivity contribution is -0.144. The molecule has 1 heterocycles. The SMILES string of the molecule is COc1ccc(C)cc1COC(=O)CCN=C1NS(=O)(=O)c2ccccc21. The number of hydrogen-bond donors (Lipinski definition) is 1. The van der Waals surface area contributed by atoms with Crippen LogP contribution in [0.15, 0.2) is 52.4 Å². The maximum atomic E-state index is 12.0. The number of nitrogens with zero attached hydrogens (tertiary/aromatic N) is 1. The Labute approximate surface area is 158 Å². The average molecular weight is 388 g/mol. The second-order valence-corrected chi connectivity index (χ2v) is 7.71. The van der Waals surface area contributed by atoms with Gasteiger partial charge in [-0.2, -0.15) is 0 Å². The number of hydrogen-bond acceptors (Lipinski definition) is 6. The van der Waals surface area contributed by atoms with E-state index in [0.29, 0.717) is 11.3 Å². The minimum Gasteiger partial charge on any atom is -0.496 e. The molecule has 2 aromatic carbocycles. The van der Waals surface area contributed by atoms with E-state index in [-0.39, 0.29) is 30.3 Å². The van der Waals surface area contributed by atoms with Crippen molar-refractivity contribution in [3.8, 4) is 5.75 Å². The highest BCUT2D eigenvalue weighted by atomic mass is 32.2. The molecule has 7 nitrogen and oxygen atoms in total. The summed E-state index contributed by atoms with van der Waals surface area (Å²) in [5, 5.41) is 0. The number of carbonyl (C=O) groups is 1. The lowest BCUT2D eigenvalue weighted by Gasteiger charge is -2.10. The molecule has 0 fully saturated rings. The van der Waals surface area contributed by atoms with Gasteiger partial charge in [0, 0.05) is 11.1 Å². The Kier molecular flexibility index (Phi) is 5.46. The van der Waals surface area contributed by atoms with E-state index in [9.17, 15) is 13.2 Å². The van der Waals surface area contributed by atoms with Gasteiger partial charge >= 0.3 is 5.97 Å². The van der Waals surface area contributed by atoms with Crippen molar-refractivity contribution in [1.82, 2.24) is 4.72 Å². The van der Waals surface area contributed by atoms with Crippen LogP contribution in [0.5, 0.6) is 5.75 Å². The molecule has 8 heteroatoms.